The number of carbonyl (C=O) groups excluding carboxylic acids is 1. The molecule has 0 atom stereocenters. The highest BCUT2D eigenvalue weighted by Gasteiger charge is 2.31. The van der Waals surface area contributed by atoms with Crippen LogP contribution in [0.25, 0.3) is 0 Å². The van der Waals surface area contributed by atoms with Crippen LogP contribution < -0.4 is 9.47 Å². The van der Waals surface area contributed by atoms with Gasteiger partial charge in [0.05, 0.1) is 14.2 Å². The van der Waals surface area contributed by atoms with E-state index in [1.165, 1.54) is 26.4 Å². The molecule has 100 valence electrons. The number of aromatic hydroxyl groups is 1. The average molecular weight is 254 g/mol. The highest BCUT2D eigenvalue weighted by atomic mass is 16.6. The van der Waals surface area contributed by atoms with E-state index >= 15 is 0 Å². The van der Waals surface area contributed by atoms with E-state index in [9.17, 15) is 9.90 Å². The number of phenolic OH excluding ortho intramolecular Hbond substituents is 1. The van der Waals surface area contributed by atoms with Gasteiger partial charge in [0.2, 0.25) is 0 Å². The number of hydrogen-bond donors (Lipinski definition) is 1. The van der Waals surface area contributed by atoms with Crippen LogP contribution in [0, 0.1) is 6.92 Å². The highest BCUT2D eigenvalue weighted by molar-refractivity contribution is 5.79. The average Bonchev–Trinajstić information content (AvgIpc) is 2.31. The fourth-order valence-electron chi connectivity index (χ4n) is 1.49. The number of aryl methyl sites for hydroxylation is 1. The molecule has 0 aliphatic carbocycles. The largest absolute Gasteiger partial charge is 0.504 e. The topological polar surface area (TPSA) is 65.0 Å². The Labute approximate surface area is 106 Å². The second-order valence-electron chi connectivity index (χ2n) is 4.39. The smallest absolute Gasteiger partial charge is 0.349 e. The van der Waals surface area contributed by atoms with Crippen LogP contribution in [0.3, 0.4) is 0 Å². The Bertz CT molecular complexity index is 451. The van der Waals surface area contributed by atoms with Crippen molar-refractivity contribution in [3.05, 3.63) is 17.7 Å². The lowest BCUT2D eigenvalue weighted by Gasteiger charge is -2.24. The third-order valence-electron chi connectivity index (χ3n) is 2.52. The summed E-state index contributed by atoms with van der Waals surface area (Å²) in [6.45, 7) is 4.98. The Hall–Kier alpha value is -1.91. The molecule has 18 heavy (non-hydrogen) atoms. The molecule has 0 radical (unpaired) electrons. The van der Waals surface area contributed by atoms with Crippen molar-refractivity contribution >= 4 is 5.97 Å². The molecule has 0 fully saturated rings. The molecule has 1 rings (SSSR count). The summed E-state index contributed by atoms with van der Waals surface area (Å²) in [5.74, 6) is 0.295. The Balaban J connectivity index is 3.08. The van der Waals surface area contributed by atoms with Crippen LogP contribution in [0.5, 0.6) is 17.2 Å². The van der Waals surface area contributed by atoms with Crippen molar-refractivity contribution in [1.29, 1.82) is 0 Å². The van der Waals surface area contributed by atoms with Gasteiger partial charge in [-0.15, -0.1) is 0 Å². The van der Waals surface area contributed by atoms with E-state index in [4.69, 9.17) is 9.47 Å². The van der Waals surface area contributed by atoms with Gasteiger partial charge in [-0.05, 0) is 32.4 Å². The fourth-order valence-corrected chi connectivity index (χ4v) is 1.49. The van der Waals surface area contributed by atoms with Gasteiger partial charge in [0, 0.05) is 6.07 Å². The van der Waals surface area contributed by atoms with Crippen LogP contribution in [0.1, 0.15) is 19.4 Å². The molecule has 5 heteroatoms. The minimum atomic E-state index is -1.11. The first-order valence-corrected chi connectivity index (χ1v) is 5.47. The first-order valence-electron chi connectivity index (χ1n) is 5.47. The number of ether oxygens (including phenoxy) is 3. The van der Waals surface area contributed by atoms with Crippen LogP contribution in [-0.4, -0.2) is 30.9 Å². The third kappa shape index (κ3) is 2.85. The van der Waals surface area contributed by atoms with Crippen LogP contribution >= 0.6 is 0 Å². The van der Waals surface area contributed by atoms with Gasteiger partial charge in [0.25, 0.3) is 0 Å². The van der Waals surface area contributed by atoms with E-state index in [0.717, 1.165) is 0 Å². The van der Waals surface area contributed by atoms with Crippen molar-refractivity contribution in [2.24, 2.45) is 0 Å². The van der Waals surface area contributed by atoms with E-state index < -0.39 is 11.6 Å². The highest BCUT2D eigenvalue weighted by Crippen LogP contribution is 2.35. The van der Waals surface area contributed by atoms with Crippen molar-refractivity contribution in [3.63, 3.8) is 0 Å². The molecule has 0 bridgehead atoms. The van der Waals surface area contributed by atoms with Crippen molar-refractivity contribution in [3.8, 4) is 17.2 Å². The van der Waals surface area contributed by atoms with Crippen LogP contribution in [-0.2, 0) is 9.53 Å². The maximum atomic E-state index is 11.5. The summed E-state index contributed by atoms with van der Waals surface area (Å²) in [6.07, 6.45) is 0. The summed E-state index contributed by atoms with van der Waals surface area (Å²) in [5.41, 5.74) is -0.410. The van der Waals surface area contributed by atoms with Crippen LogP contribution in [0.2, 0.25) is 0 Å². The lowest BCUT2D eigenvalue weighted by Crippen LogP contribution is -2.39. The summed E-state index contributed by atoms with van der Waals surface area (Å²) in [4.78, 5) is 11.5. The number of methoxy groups -OCH3 is 2. The molecular formula is C13H18O5. The number of hydrogen-bond acceptors (Lipinski definition) is 5. The Morgan fingerprint density at radius 2 is 1.83 bits per heavy atom. The van der Waals surface area contributed by atoms with E-state index in [-0.39, 0.29) is 11.5 Å². The maximum absolute atomic E-state index is 11.5. The summed E-state index contributed by atoms with van der Waals surface area (Å²) >= 11 is 0. The Kier molecular flexibility index (Phi) is 4.06. The minimum absolute atomic E-state index is 0.0261. The molecule has 0 aliphatic heterocycles. The normalized spacial score (nSPS) is 10.9. The van der Waals surface area contributed by atoms with E-state index in [1.807, 2.05) is 0 Å². The SMILES string of the molecule is COC(=O)C(C)(C)Oc1cc(OC)c(O)cc1C. The second kappa shape index (κ2) is 5.16. The van der Waals surface area contributed by atoms with Gasteiger partial charge in [-0.3, -0.25) is 0 Å². The third-order valence-corrected chi connectivity index (χ3v) is 2.52. The fraction of sp³-hybridized carbons (Fsp3) is 0.462. The van der Waals surface area contributed by atoms with E-state index in [1.54, 1.807) is 20.8 Å². The Morgan fingerprint density at radius 1 is 1.22 bits per heavy atom. The molecule has 0 amide bonds. The number of benzene rings is 1. The molecular weight excluding hydrogens is 236 g/mol. The van der Waals surface area contributed by atoms with Gasteiger partial charge >= 0.3 is 5.97 Å². The number of phenols is 1. The number of rotatable bonds is 4. The molecule has 0 aliphatic rings. The molecule has 1 N–H and O–H groups in total. The Morgan fingerprint density at radius 3 is 2.33 bits per heavy atom. The predicted molar refractivity (Wildman–Crippen MR) is 66.1 cm³/mol. The monoisotopic (exact) mass is 254 g/mol. The molecule has 0 spiro atoms. The van der Waals surface area contributed by atoms with E-state index in [2.05, 4.69) is 4.74 Å². The lowest BCUT2D eigenvalue weighted by atomic mass is 10.1. The van der Waals surface area contributed by atoms with Crippen molar-refractivity contribution in [2.75, 3.05) is 14.2 Å². The maximum Gasteiger partial charge on any atom is 0.349 e. The van der Waals surface area contributed by atoms with E-state index in [0.29, 0.717) is 11.3 Å². The summed E-state index contributed by atoms with van der Waals surface area (Å²) in [7, 11) is 2.75. The number of carbonyl (C=O) groups is 1. The van der Waals surface area contributed by atoms with Gasteiger partial charge < -0.3 is 19.3 Å². The van der Waals surface area contributed by atoms with Gasteiger partial charge in [0.1, 0.15) is 5.75 Å². The van der Waals surface area contributed by atoms with Gasteiger partial charge in [-0.1, -0.05) is 0 Å². The molecule has 0 saturated carbocycles. The van der Waals surface area contributed by atoms with Crippen LogP contribution in [0.4, 0.5) is 0 Å². The molecule has 0 saturated heterocycles. The summed E-state index contributed by atoms with van der Waals surface area (Å²) in [6, 6.07) is 3.05. The molecule has 1 aromatic carbocycles. The molecule has 0 unspecified atom stereocenters. The first kappa shape index (κ1) is 14.2. The van der Waals surface area contributed by atoms with Crippen LogP contribution in [0.15, 0.2) is 12.1 Å². The standard InChI is InChI=1S/C13H18O5/c1-8-6-9(14)11(16-4)7-10(8)18-13(2,3)12(15)17-5/h6-7,14H,1-5H3. The number of esters is 1. The van der Waals surface area contributed by atoms with Gasteiger partial charge in [-0.25, -0.2) is 4.79 Å². The molecule has 5 nitrogen and oxygen atoms in total. The summed E-state index contributed by atoms with van der Waals surface area (Å²) < 4.78 is 15.3. The molecule has 1 aromatic rings. The quantitative estimate of drug-likeness (QED) is 0.833. The zero-order chi connectivity index (χ0) is 13.9. The van der Waals surface area contributed by atoms with Gasteiger partial charge in [0.15, 0.2) is 17.1 Å². The first-order chi connectivity index (χ1) is 8.31. The minimum Gasteiger partial charge on any atom is -0.504 e. The van der Waals surface area contributed by atoms with Crippen molar-refractivity contribution in [1.82, 2.24) is 0 Å². The van der Waals surface area contributed by atoms with Crippen molar-refractivity contribution in [2.45, 2.75) is 26.4 Å². The van der Waals surface area contributed by atoms with Gasteiger partial charge in [-0.2, -0.15) is 0 Å². The van der Waals surface area contributed by atoms with Crippen molar-refractivity contribution < 1.29 is 24.1 Å². The predicted octanol–water partition coefficient (Wildman–Crippen LogP) is 2.04. The molecule has 0 heterocycles. The lowest BCUT2D eigenvalue weighted by molar-refractivity contribution is -0.156. The summed E-state index contributed by atoms with van der Waals surface area (Å²) in [5, 5.41) is 9.60. The second-order valence-corrected chi connectivity index (χ2v) is 4.39. The zero-order valence-electron chi connectivity index (χ0n) is 11.2. The molecule has 0 aromatic heterocycles. The zero-order valence-corrected chi connectivity index (χ0v) is 11.2.